The zero-order valence-corrected chi connectivity index (χ0v) is 16.4. The van der Waals surface area contributed by atoms with E-state index in [1.165, 1.54) is 18.4 Å². The highest BCUT2D eigenvalue weighted by molar-refractivity contribution is 5.88. The van der Waals surface area contributed by atoms with Gasteiger partial charge >= 0.3 is 0 Å². The summed E-state index contributed by atoms with van der Waals surface area (Å²) in [6.07, 6.45) is 2.44. The smallest absolute Gasteiger partial charge is 0.180 e. The molecule has 1 unspecified atom stereocenters. The third-order valence-corrected chi connectivity index (χ3v) is 6.14. The number of benzene rings is 2. The van der Waals surface area contributed by atoms with E-state index in [9.17, 15) is 0 Å². The predicted molar refractivity (Wildman–Crippen MR) is 111 cm³/mol. The maximum absolute atomic E-state index is 6.07. The van der Waals surface area contributed by atoms with Crippen LogP contribution >= 0.6 is 0 Å². The molecule has 5 heteroatoms. The Hall–Kier alpha value is -2.53. The fourth-order valence-electron chi connectivity index (χ4n) is 4.61. The quantitative estimate of drug-likeness (QED) is 0.684. The minimum atomic E-state index is 0.597. The molecular formula is C23H27N3O2. The van der Waals surface area contributed by atoms with Crippen molar-refractivity contribution in [3.63, 3.8) is 0 Å². The summed E-state index contributed by atoms with van der Waals surface area (Å²) in [5.74, 6) is 2.60. The molecule has 2 saturated heterocycles. The van der Waals surface area contributed by atoms with Crippen LogP contribution in [0.3, 0.4) is 0 Å². The lowest BCUT2D eigenvalue weighted by atomic mass is 9.91. The molecule has 5 rings (SSSR count). The van der Waals surface area contributed by atoms with Crippen molar-refractivity contribution in [2.45, 2.75) is 25.8 Å². The first kappa shape index (κ1) is 17.6. The molecule has 3 heterocycles. The van der Waals surface area contributed by atoms with Crippen LogP contribution in [0.2, 0.25) is 0 Å². The summed E-state index contributed by atoms with van der Waals surface area (Å²) in [6, 6.07) is 17.1. The van der Waals surface area contributed by atoms with E-state index in [-0.39, 0.29) is 0 Å². The largest absolute Gasteiger partial charge is 0.493 e. The maximum atomic E-state index is 6.07. The summed E-state index contributed by atoms with van der Waals surface area (Å²) in [7, 11) is 0. The Morgan fingerprint density at radius 2 is 2.00 bits per heavy atom. The molecule has 0 radical (unpaired) electrons. The summed E-state index contributed by atoms with van der Waals surface area (Å²) in [5.41, 5.74) is 2.12. The molecular weight excluding hydrogens is 350 g/mol. The Labute approximate surface area is 165 Å². The highest BCUT2D eigenvalue weighted by Gasteiger charge is 2.34. The van der Waals surface area contributed by atoms with Crippen molar-refractivity contribution in [3.8, 4) is 5.75 Å². The maximum Gasteiger partial charge on any atom is 0.180 e. The monoisotopic (exact) mass is 377 g/mol. The fourth-order valence-corrected chi connectivity index (χ4v) is 4.61. The van der Waals surface area contributed by atoms with E-state index < -0.39 is 0 Å². The van der Waals surface area contributed by atoms with Crippen LogP contribution in [0, 0.1) is 12.8 Å². The van der Waals surface area contributed by atoms with Gasteiger partial charge in [-0.15, -0.1) is 0 Å². The lowest BCUT2D eigenvalue weighted by Crippen LogP contribution is -2.57. The number of aryl methyl sites for hydroxylation is 1. The lowest BCUT2D eigenvalue weighted by molar-refractivity contribution is 0.0727. The molecule has 146 valence electrons. The molecule has 1 aromatic heterocycles. The van der Waals surface area contributed by atoms with Crippen LogP contribution in [0.1, 0.15) is 18.4 Å². The number of ether oxygens (including phenoxy) is 1. The molecule has 0 N–H and O–H groups in total. The summed E-state index contributed by atoms with van der Waals surface area (Å²) in [5, 5.41) is 5.48. The van der Waals surface area contributed by atoms with Gasteiger partial charge in [0.2, 0.25) is 0 Å². The van der Waals surface area contributed by atoms with Gasteiger partial charge in [-0.2, -0.15) is 0 Å². The lowest BCUT2D eigenvalue weighted by Gasteiger charge is -2.46. The SMILES string of the molecule is Cc1cccc(OCC2CC[C@H]3CN(c4noc5ccccc45)CCN3C2)c1. The van der Waals surface area contributed by atoms with Crippen LogP contribution in [-0.4, -0.2) is 48.9 Å². The Balaban J connectivity index is 1.19. The van der Waals surface area contributed by atoms with Crippen LogP contribution in [0.15, 0.2) is 53.1 Å². The Kier molecular flexibility index (Phi) is 4.69. The highest BCUT2D eigenvalue weighted by atomic mass is 16.5. The van der Waals surface area contributed by atoms with Gasteiger partial charge in [0.15, 0.2) is 11.4 Å². The van der Waals surface area contributed by atoms with Gasteiger partial charge in [0.05, 0.1) is 12.0 Å². The van der Waals surface area contributed by atoms with Gasteiger partial charge in [-0.3, -0.25) is 4.90 Å². The Morgan fingerprint density at radius 1 is 1.07 bits per heavy atom. The standard InChI is InChI=1S/C23H27N3O2/c1-17-5-4-6-20(13-17)27-16-18-9-10-19-15-26(12-11-25(19)14-18)23-21-7-2-3-8-22(21)28-24-23/h2-8,13,18-19H,9-12,14-16H2,1H3/t18?,19-/m0/s1. The number of rotatable bonds is 4. The molecule has 0 bridgehead atoms. The molecule has 2 aromatic carbocycles. The first-order valence-electron chi connectivity index (χ1n) is 10.3. The molecule has 2 fully saturated rings. The van der Waals surface area contributed by atoms with Gasteiger partial charge in [0.1, 0.15) is 5.75 Å². The number of hydrogen-bond acceptors (Lipinski definition) is 5. The number of nitrogens with zero attached hydrogens (tertiary/aromatic N) is 3. The van der Waals surface area contributed by atoms with E-state index in [0.717, 1.165) is 55.3 Å². The van der Waals surface area contributed by atoms with Crippen LogP contribution in [0.4, 0.5) is 5.82 Å². The number of hydrogen-bond donors (Lipinski definition) is 0. The topological polar surface area (TPSA) is 41.7 Å². The van der Waals surface area contributed by atoms with Gasteiger partial charge in [-0.05, 0) is 49.6 Å². The van der Waals surface area contributed by atoms with Gasteiger partial charge in [-0.25, -0.2) is 0 Å². The molecule has 5 nitrogen and oxygen atoms in total. The molecule has 0 saturated carbocycles. The molecule has 28 heavy (non-hydrogen) atoms. The summed E-state index contributed by atoms with van der Waals surface area (Å²) in [4.78, 5) is 5.04. The predicted octanol–water partition coefficient (Wildman–Crippen LogP) is 4.12. The first-order chi connectivity index (χ1) is 13.8. The van der Waals surface area contributed by atoms with Crippen molar-refractivity contribution in [3.05, 3.63) is 54.1 Å². The average Bonchev–Trinajstić information content (AvgIpc) is 3.16. The van der Waals surface area contributed by atoms with Crippen molar-refractivity contribution in [1.29, 1.82) is 0 Å². The van der Waals surface area contributed by atoms with Crippen molar-refractivity contribution < 1.29 is 9.26 Å². The highest BCUT2D eigenvalue weighted by Crippen LogP contribution is 2.31. The number of fused-ring (bicyclic) bond motifs is 2. The molecule has 0 amide bonds. The summed E-state index contributed by atoms with van der Waals surface area (Å²) in [6.45, 7) is 7.15. The van der Waals surface area contributed by atoms with E-state index in [4.69, 9.17) is 9.26 Å². The number of piperidine rings is 1. The molecule has 0 aliphatic carbocycles. The minimum Gasteiger partial charge on any atom is -0.493 e. The third kappa shape index (κ3) is 3.47. The van der Waals surface area contributed by atoms with Crippen molar-refractivity contribution in [1.82, 2.24) is 10.1 Å². The van der Waals surface area contributed by atoms with E-state index >= 15 is 0 Å². The zero-order chi connectivity index (χ0) is 18.9. The second kappa shape index (κ2) is 7.47. The van der Waals surface area contributed by atoms with Gasteiger partial charge in [0.25, 0.3) is 0 Å². The normalized spacial score (nSPS) is 23.0. The number of anilines is 1. The first-order valence-corrected chi connectivity index (χ1v) is 10.3. The Bertz CT molecular complexity index is 954. The summed E-state index contributed by atoms with van der Waals surface area (Å²) < 4.78 is 11.6. The van der Waals surface area contributed by atoms with E-state index in [1.807, 2.05) is 12.1 Å². The van der Waals surface area contributed by atoms with Crippen molar-refractivity contribution >= 4 is 16.8 Å². The number of aromatic nitrogens is 1. The molecule has 3 aromatic rings. The molecule has 2 aliphatic rings. The van der Waals surface area contributed by atoms with Crippen molar-refractivity contribution in [2.75, 3.05) is 37.7 Å². The van der Waals surface area contributed by atoms with Crippen molar-refractivity contribution in [2.24, 2.45) is 5.92 Å². The third-order valence-electron chi connectivity index (χ3n) is 6.14. The minimum absolute atomic E-state index is 0.597. The summed E-state index contributed by atoms with van der Waals surface area (Å²) >= 11 is 0. The van der Waals surface area contributed by atoms with Crippen LogP contribution in [0.5, 0.6) is 5.75 Å². The molecule has 2 atom stereocenters. The van der Waals surface area contributed by atoms with Gasteiger partial charge < -0.3 is 14.2 Å². The van der Waals surface area contributed by atoms with Gasteiger partial charge in [-0.1, -0.05) is 29.4 Å². The molecule has 2 aliphatic heterocycles. The van der Waals surface area contributed by atoms with Crippen LogP contribution < -0.4 is 9.64 Å². The van der Waals surface area contributed by atoms with Crippen LogP contribution in [0.25, 0.3) is 11.0 Å². The van der Waals surface area contributed by atoms with Crippen LogP contribution in [-0.2, 0) is 0 Å². The van der Waals surface area contributed by atoms with E-state index in [0.29, 0.717) is 12.0 Å². The zero-order valence-electron chi connectivity index (χ0n) is 16.4. The number of para-hydroxylation sites is 1. The van der Waals surface area contributed by atoms with E-state index in [2.05, 4.69) is 58.3 Å². The molecule has 0 spiro atoms. The second-order valence-corrected chi connectivity index (χ2v) is 8.17. The number of piperazine rings is 1. The fraction of sp³-hybridized carbons (Fsp3) is 0.435. The van der Waals surface area contributed by atoms with E-state index in [1.54, 1.807) is 0 Å². The van der Waals surface area contributed by atoms with Gasteiger partial charge in [0, 0.05) is 38.1 Å². The second-order valence-electron chi connectivity index (χ2n) is 8.17. The average molecular weight is 377 g/mol. The Morgan fingerprint density at radius 3 is 2.93 bits per heavy atom.